The highest BCUT2D eigenvalue weighted by Crippen LogP contribution is 2.41. The molecule has 0 fully saturated rings. The summed E-state index contributed by atoms with van der Waals surface area (Å²) in [5, 5.41) is 0. The number of aromatic nitrogens is 1. The number of fused-ring (bicyclic) bond motifs is 2. The molecule has 1 aliphatic rings. The van der Waals surface area contributed by atoms with Gasteiger partial charge in [-0.2, -0.15) is 0 Å². The fourth-order valence-corrected chi connectivity index (χ4v) is 5.76. The SMILES string of the molecule is CC1=CC(C)(C)N(C(=O)CSc2nc3ccccc3s2)c2cc(C)c(C)cc21. The number of anilines is 1. The van der Waals surface area contributed by atoms with Crippen LogP contribution in [0.25, 0.3) is 15.8 Å². The van der Waals surface area contributed by atoms with E-state index in [1.165, 1.54) is 28.5 Å². The number of rotatable bonds is 3. The summed E-state index contributed by atoms with van der Waals surface area (Å²) in [6, 6.07) is 12.5. The van der Waals surface area contributed by atoms with E-state index in [1.807, 2.05) is 23.1 Å². The molecule has 1 aromatic heterocycles. The number of thiazole rings is 1. The van der Waals surface area contributed by atoms with Crippen LogP contribution in [0.2, 0.25) is 0 Å². The third-order valence-corrected chi connectivity index (χ3v) is 7.43. The maximum absolute atomic E-state index is 13.3. The predicted molar refractivity (Wildman–Crippen MR) is 121 cm³/mol. The van der Waals surface area contributed by atoms with Gasteiger partial charge in [-0.05, 0) is 75.6 Å². The van der Waals surface area contributed by atoms with Gasteiger partial charge in [0.05, 0.1) is 27.2 Å². The first-order chi connectivity index (χ1) is 13.3. The van der Waals surface area contributed by atoms with Gasteiger partial charge >= 0.3 is 0 Å². The second kappa shape index (κ2) is 7.05. The lowest BCUT2D eigenvalue weighted by molar-refractivity contribution is -0.116. The molecule has 144 valence electrons. The molecule has 0 unspecified atom stereocenters. The molecular formula is C23H24N2OS2. The first-order valence-electron chi connectivity index (χ1n) is 9.39. The van der Waals surface area contributed by atoms with Crippen LogP contribution >= 0.6 is 23.1 Å². The van der Waals surface area contributed by atoms with E-state index in [4.69, 9.17) is 0 Å². The smallest absolute Gasteiger partial charge is 0.238 e. The molecular weight excluding hydrogens is 384 g/mol. The minimum Gasteiger partial charge on any atom is -0.302 e. The van der Waals surface area contributed by atoms with Crippen molar-refractivity contribution in [3.8, 4) is 0 Å². The van der Waals surface area contributed by atoms with Crippen molar-refractivity contribution in [1.82, 2.24) is 4.98 Å². The van der Waals surface area contributed by atoms with Gasteiger partial charge in [-0.15, -0.1) is 11.3 Å². The second-order valence-electron chi connectivity index (χ2n) is 7.90. The van der Waals surface area contributed by atoms with E-state index in [0.29, 0.717) is 5.75 Å². The molecule has 28 heavy (non-hydrogen) atoms. The summed E-state index contributed by atoms with van der Waals surface area (Å²) in [6.07, 6.45) is 2.20. The van der Waals surface area contributed by atoms with Crippen LogP contribution in [0, 0.1) is 13.8 Å². The van der Waals surface area contributed by atoms with Crippen LogP contribution < -0.4 is 4.90 Å². The Morgan fingerprint density at radius 3 is 2.61 bits per heavy atom. The summed E-state index contributed by atoms with van der Waals surface area (Å²) < 4.78 is 2.10. The lowest BCUT2D eigenvalue weighted by Crippen LogP contribution is -2.49. The van der Waals surface area contributed by atoms with Crippen LogP contribution in [-0.4, -0.2) is 22.2 Å². The zero-order chi connectivity index (χ0) is 20.1. The first-order valence-corrected chi connectivity index (χ1v) is 11.2. The Hall–Kier alpha value is -2.11. The van der Waals surface area contributed by atoms with E-state index >= 15 is 0 Å². The molecule has 1 amide bonds. The Morgan fingerprint density at radius 2 is 1.86 bits per heavy atom. The van der Waals surface area contributed by atoms with Gasteiger partial charge in [0.15, 0.2) is 4.34 Å². The van der Waals surface area contributed by atoms with Crippen molar-refractivity contribution in [2.75, 3.05) is 10.7 Å². The number of carbonyl (C=O) groups excluding carboxylic acids is 1. The van der Waals surface area contributed by atoms with Crippen LogP contribution in [-0.2, 0) is 4.79 Å². The van der Waals surface area contributed by atoms with E-state index in [-0.39, 0.29) is 11.4 Å². The quantitative estimate of drug-likeness (QED) is 0.481. The van der Waals surface area contributed by atoms with Gasteiger partial charge in [-0.3, -0.25) is 4.79 Å². The Bertz CT molecular complexity index is 1080. The largest absolute Gasteiger partial charge is 0.302 e. The third kappa shape index (κ3) is 3.38. The Balaban J connectivity index is 1.63. The fraction of sp³-hybridized carbons (Fsp3) is 0.304. The van der Waals surface area contributed by atoms with E-state index in [9.17, 15) is 4.79 Å². The molecule has 0 saturated carbocycles. The molecule has 3 nitrogen and oxygen atoms in total. The van der Waals surface area contributed by atoms with Gasteiger partial charge in [-0.25, -0.2) is 4.98 Å². The van der Waals surface area contributed by atoms with Gasteiger partial charge < -0.3 is 4.90 Å². The Labute approximate surface area is 174 Å². The number of hydrogen-bond acceptors (Lipinski definition) is 4. The summed E-state index contributed by atoms with van der Waals surface area (Å²) in [5.41, 5.74) is 6.50. The van der Waals surface area contributed by atoms with Crippen molar-refractivity contribution in [2.24, 2.45) is 0 Å². The molecule has 3 aromatic rings. The van der Waals surface area contributed by atoms with Gasteiger partial charge in [0.2, 0.25) is 5.91 Å². The zero-order valence-electron chi connectivity index (χ0n) is 16.9. The van der Waals surface area contributed by atoms with Gasteiger partial charge in [0.25, 0.3) is 0 Å². The molecule has 5 heteroatoms. The summed E-state index contributed by atoms with van der Waals surface area (Å²) in [7, 11) is 0. The molecule has 0 saturated heterocycles. The topological polar surface area (TPSA) is 33.2 Å². The molecule has 0 spiro atoms. The lowest BCUT2D eigenvalue weighted by Gasteiger charge is -2.42. The molecule has 0 atom stereocenters. The number of benzene rings is 2. The van der Waals surface area contributed by atoms with E-state index in [1.54, 1.807) is 11.3 Å². The fourth-order valence-electron chi connectivity index (χ4n) is 3.84. The zero-order valence-corrected chi connectivity index (χ0v) is 18.5. The van der Waals surface area contributed by atoms with Crippen LogP contribution in [0.4, 0.5) is 5.69 Å². The van der Waals surface area contributed by atoms with Gasteiger partial charge in [-0.1, -0.05) is 30.0 Å². The third-order valence-electron chi connectivity index (χ3n) is 5.27. The maximum Gasteiger partial charge on any atom is 0.238 e. The minimum atomic E-state index is -0.357. The summed E-state index contributed by atoms with van der Waals surface area (Å²) >= 11 is 3.17. The minimum absolute atomic E-state index is 0.113. The molecule has 4 rings (SSSR count). The monoisotopic (exact) mass is 408 g/mol. The molecule has 2 heterocycles. The molecule has 0 aliphatic carbocycles. The van der Waals surface area contributed by atoms with Crippen molar-refractivity contribution in [1.29, 1.82) is 0 Å². The maximum atomic E-state index is 13.3. The molecule has 1 aliphatic heterocycles. The van der Waals surface area contributed by atoms with Crippen molar-refractivity contribution in [2.45, 2.75) is 44.5 Å². The standard InChI is InChI=1S/C23H24N2OS2/c1-14-10-17-16(3)12-23(4,5)25(19(17)11-15(14)2)21(26)13-27-22-24-18-8-6-7-9-20(18)28-22/h6-12H,13H2,1-5H3. The van der Waals surface area contributed by atoms with Crippen LogP contribution in [0.1, 0.15) is 37.5 Å². The molecule has 0 radical (unpaired) electrons. The normalized spacial score (nSPS) is 15.5. The Kier molecular flexibility index (Phi) is 4.84. The molecule has 0 N–H and O–H groups in total. The van der Waals surface area contributed by atoms with E-state index in [2.05, 4.69) is 63.9 Å². The highest BCUT2D eigenvalue weighted by Gasteiger charge is 2.36. The number of amides is 1. The van der Waals surface area contributed by atoms with Crippen LogP contribution in [0.3, 0.4) is 0 Å². The number of para-hydroxylation sites is 1. The summed E-state index contributed by atoms with van der Waals surface area (Å²) in [4.78, 5) is 19.9. The average Bonchev–Trinajstić information content (AvgIpc) is 3.04. The van der Waals surface area contributed by atoms with Crippen LogP contribution in [0.5, 0.6) is 0 Å². The molecule has 2 aromatic carbocycles. The van der Waals surface area contributed by atoms with Crippen molar-refractivity contribution in [3.05, 3.63) is 59.2 Å². The number of carbonyl (C=O) groups is 1. The average molecular weight is 409 g/mol. The number of nitrogens with zero attached hydrogens (tertiary/aromatic N) is 2. The number of hydrogen-bond donors (Lipinski definition) is 0. The van der Waals surface area contributed by atoms with Crippen molar-refractivity contribution in [3.63, 3.8) is 0 Å². The number of aryl methyl sites for hydroxylation is 2. The first kappa shape index (κ1) is 19.2. The van der Waals surface area contributed by atoms with Crippen LogP contribution in [0.15, 0.2) is 46.8 Å². The van der Waals surface area contributed by atoms with Crippen molar-refractivity contribution >= 4 is 50.5 Å². The lowest BCUT2D eigenvalue weighted by atomic mass is 9.87. The van der Waals surface area contributed by atoms with Gasteiger partial charge in [0.1, 0.15) is 0 Å². The second-order valence-corrected chi connectivity index (χ2v) is 10.2. The Morgan fingerprint density at radius 1 is 1.14 bits per heavy atom. The van der Waals surface area contributed by atoms with E-state index in [0.717, 1.165) is 25.8 Å². The summed E-state index contributed by atoms with van der Waals surface area (Å²) in [5.74, 6) is 0.491. The predicted octanol–water partition coefficient (Wildman–Crippen LogP) is 6.23. The number of thioether (sulfide) groups is 1. The van der Waals surface area contributed by atoms with Crippen molar-refractivity contribution < 1.29 is 4.79 Å². The summed E-state index contributed by atoms with van der Waals surface area (Å²) in [6.45, 7) is 10.6. The highest BCUT2D eigenvalue weighted by molar-refractivity contribution is 8.01. The molecule has 0 bridgehead atoms. The van der Waals surface area contributed by atoms with E-state index < -0.39 is 0 Å². The van der Waals surface area contributed by atoms with Gasteiger partial charge in [0, 0.05) is 5.56 Å². The number of allylic oxidation sites excluding steroid dienone is 1. The highest BCUT2D eigenvalue weighted by atomic mass is 32.2.